The number of anilines is 1. The molecule has 4 rings (SSSR count). The molecular weight excluding hydrogens is 530 g/mol. The van der Waals surface area contributed by atoms with E-state index in [1.165, 1.54) is 0 Å². The highest BCUT2D eigenvalue weighted by atomic mass is 16.5. The van der Waals surface area contributed by atoms with Crippen LogP contribution in [0.1, 0.15) is 53.2 Å². The summed E-state index contributed by atoms with van der Waals surface area (Å²) in [5.74, 6) is 1.08. The maximum Gasteiger partial charge on any atom is 0.306 e. The summed E-state index contributed by atoms with van der Waals surface area (Å²) in [5.41, 5.74) is 4.19. The third-order valence-electron chi connectivity index (χ3n) is 6.62. The zero-order valence-electron chi connectivity index (χ0n) is 24.1. The van der Waals surface area contributed by atoms with Crippen LogP contribution < -0.4 is 14.8 Å². The molecule has 1 amide bonds. The first kappa shape index (κ1) is 30.1. The first-order valence-electron chi connectivity index (χ1n) is 13.9. The molecule has 1 unspecified atom stereocenters. The fraction of sp³-hybridized carbons (Fsp3) is 0.229. The Morgan fingerprint density at radius 2 is 1.38 bits per heavy atom. The summed E-state index contributed by atoms with van der Waals surface area (Å²) >= 11 is 0. The van der Waals surface area contributed by atoms with Crippen molar-refractivity contribution < 1.29 is 28.6 Å². The summed E-state index contributed by atoms with van der Waals surface area (Å²) in [6.45, 7) is 5.96. The van der Waals surface area contributed by atoms with Crippen LogP contribution in [0.4, 0.5) is 5.69 Å². The average molecular weight is 566 g/mol. The molecule has 0 fully saturated rings. The number of carbonyl (C=O) groups excluding carboxylic acids is 3. The third-order valence-corrected chi connectivity index (χ3v) is 6.62. The van der Waals surface area contributed by atoms with E-state index in [4.69, 9.17) is 14.2 Å². The van der Waals surface area contributed by atoms with Crippen LogP contribution in [0.2, 0.25) is 0 Å². The second kappa shape index (κ2) is 14.6. The van der Waals surface area contributed by atoms with Gasteiger partial charge < -0.3 is 19.5 Å². The molecule has 0 spiro atoms. The lowest BCUT2D eigenvalue weighted by Gasteiger charge is -2.13. The fourth-order valence-electron chi connectivity index (χ4n) is 4.30. The lowest BCUT2D eigenvalue weighted by Crippen LogP contribution is -2.24. The molecule has 0 aliphatic carbocycles. The van der Waals surface area contributed by atoms with Crippen molar-refractivity contribution in [2.75, 3.05) is 5.32 Å². The molecule has 42 heavy (non-hydrogen) atoms. The molecule has 7 heteroatoms. The summed E-state index contributed by atoms with van der Waals surface area (Å²) in [5, 5.41) is 2.82. The third kappa shape index (κ3) is 8.80. The van der Waals surface area contributed by atoms with Gasteiger partial charge in [0.1, 0.15) is 23.9 Å². The topological polar surface area (TPSA) is 90.9 Å². The normalized spacial score (nSPS) is 11.3. The molecule has 7 nitrogen and oxygen atoms in total. The first-order chi connectivity index (χ1) is 20.3. The van der Waals surface area contributed by atoms with Crippen molar-refractivity contribution >= 4 is 23.3 Å². The molecule has 0 aromatic heterocycles. The Morgan fingerprint density at radius 3 is 2.05 bits per heavy atom. The zero-order chi connectivity index (χ0) is 29.9. The van der Waals surface area contributed by atoms with E-state index < -0.39 is 12.1 Å². The first-order valence-corrected chi connectivity index (χ1v) is 13.9. The van der Waals surface area contributed by atoms with Gasteiger partial charge in [0.15, 0.2) is 6.10 Å². The van der Waals surface area contributed by atoms with Crippen LogP contribution in [0.25, 0.3) is 0 Å². The summed E-state index contributed by atoms with van der Waals surface area (Å²) < 4.78 is 17.1. The Kier molecular flexibility index (Phi) is 10.5. The molecule has 1 N–H and O–H groups in total. The molecule has 0 radical (unpaired) electrons. The second-order valence-corrected chi connectivity index (χ2v) is 10.0. The molecule has 0 bridgehead atoms. The number of hydrogen-bond acceptors (Lipinski definition) is 6. The predicted molar refractivity (Wildman–Crippen MR) is 162 cm³/mol. The number of ketones is 1. The molecule has 4 aromatic rings. The SMILES string of the molecule is Cc1cccc(C)c1Oc1ccc(NC(=O)CCCC(=O)OC(C)C(=O)c2ccc(OCc3ccccc3)cc2)cc1. The number of esters is 1. The van der Waals surface area contributed by atoms with Crippen molar-refractivity contribution in [2.45, 2.75) is 52.7 Å². The fourth-order valence-corrected chi connectivity index (χ4v) is 4.30. The van der Waals surface area contributed by atoms with Gasteiger partial charge in [-0.15, -0.1) is 0 Å². The van der Waals surface area contributed by atoms with E-state index in [1.54, 1.807) is 55.5 Å². The van der Waals surface area contributed by atoms with E-state index >= 15 is 0 Å². The van der Waals surface area contributed by atoms with Gasteiger partial charge in [-0.25, -0.2) is 0 Å². The highest BCUT2D eigenvalue weighted by molar-refractivity contribution is 6.00. The lowest BCUT2D eigenvalue weighted by molar-refractivity contribution is -0.146. The Morgan fingerprint density at radius 1 is 0.738 bits per heavy atom. The Bertz CT molecular complexity index is 1480. The monoisotopic (exact) mass is 565 g/mol. The zero-order valence-corrected chi connectivity index (χ0v) is 24.1. The number of rotatable bonds is 13. The van der Waals surface area contributed by atoms with Gasteiger partial charge in [-0.1, -0.05) is 48.5 Å². The standard InChI is InChI=1S/C35H35NO6/c1-24-9-7-10-25(2)35(24)42-31-21-17-29(18-22-31)36-32(37)13-8-14-33(38)41-26(3)34(39)28-15-19-30(20-16-28)40-23-27-11-5-4-6-12-27/h4-7,9-12,15-22,26H,8,13-14,23H2,1-3H3,(H,36,37). The Labute approximate surface area is 246 Å². The minimum atomic E-state index is -0.938. The highest BCUT2D eigenvalue weighted by Gasteiger charge is 2.20. The maximum atomic E-state index is 12.7. The predicted octanol–water partition coefficient (Wildman–Crippen LogP) is 7.60. The summed E-state index contributed by atoms with van der Waals surface area (Å²) in [4.78, 5) is 37.4. The average Bonchev–Trinajstić information content (AvgIpc) is 2.99. The minimum absolute atomic E-state index is 0.0276. The molecule has 1 atom stereocenters. The smallest absolute Gasteiger partial charge is 0.306 e. The molecule has 0 heterocycles. The molecule has 0 aliphatic rings. The molecule has 216 valence electrons. The highest BCUT2D eigenvalue weighted by Crippen LogP contribution is 2.29. The van der Waals surface area contributed by atoms with Gasteiger partial charge in [-0.05, 0) is 92.4 Å². The van der Waals surface area contributed by atoms with Crippen molar-refractivity contribution in [1.29, 1.82) is 0 Å². The minimum Gasteiger partial charge on any atom is -0.489 e. The van der Waals surface area contributed by atoms with Crippen LogP contribution in [0, 0.1) is 13.8 Å². The van der Waals surface area contributed by atoms with E-state index in [2.05, 4.69) is 5.32 Å². The van der Waals surface area contributed by atoms with E-state index in [1.807, 2.05) is 62.4 Å². The van der Waals surface area contributed by atoms with Gasteiger partial charge in [0.2, 0.25) is 11.7 Å². The van der Waals surface area contributed by atoms with Gasteiger partial charge in [-0.3, -0.25) is 14.4 Å². The van der Waals surface area contributed by atoms with Crippen LogP contribution in [0.15, 0.2) is 97.1 Å². The van der Waals surface area contributed by atoms with Crippen molar-refractivity contribution in [1.82, 2.24) is 0 Å². The van der Waals surface area contributed by atoms with Crippen molar-refractivity contribution in [3.05, 3.63) is 119 Å². The summed E-state index contributed by atoms with van der Waals surface area (Å²) in [6.07, 6.45) is -0.471. The van der Waals surface area contributed by atoms with Gasteiger partial charge >= 0.3 is 5.97 Å². The van der Waals surface area contributed by atoms with Gasteiger partial charge in [0.05, 0.1) is 0 Å². The number of Topliss-reactive ketones (excluding diaryl/α,β-unsaturated/α-hetero) is 1. The van der Waals surface area contributed by atoms with Crippen molar-refractivity contribution in [3.8, 4) is 17.2 Å². The van der Waals surface area contributed by atoms with Crippen molar-refractivity contribution in [2.24, 2.45) is 0 Å². The van der Waals surface area contributed by atoms with Crippen LogP contribution in [0.3, 0.4) is 0 Å². The number of aryl methyl sites for hydroxylation is 2. The van der Waals surface area contributed by atoms with E-state index in [9.17, 15) is 14.4 Å². The number of carbonyl (C=O) groups is 3. The molecule has 0 saturated heterocycles. The van der Waals surface area contributed by atoms with E-state index in [-0.39, 0.29) is 24.5 Å². The number of ether oxygens (including phenoxy) is 3. The second-order valence-electron chi connectivity index (χ2n) is 10.0. The van der Waals surface area contributed by atoms with E-state index in [0.29, 0.717) is 35.8 Å². The number of hydrogen-bond donors (Lipinski definition) is 1. The molecule has 0 aliphatic heterocycles. The quantitative estimate of drug-likeness (QED) is 0.133. The number of amides is 1. The maximum absolute atomic E-state index is 12.7. The lowest BCUT2D eigenvalue weighted by atomic mass is 10.1. The molecule has 4 aromatic carbocycles. The number of benzene rings is 4. The molecular formula is C35H35NO6. The van der Waals surface area contributed by atoms with Gasteiger partial charge in [0.25, 0.3) is 0 Å². The van der Waals surface area contributed by atoms with Gasteiger partial charge in [-0.2, -0.15) is 0 Å². The summed E-state index contributed by atoms with van der Waals surface area (Å²) in [6, 6.07) is 29.6. The Balaban J connectivity index is 1.16. The van der Waals surface area contributed by atoms with Crippen LogP contribution in [0.5, 0.6) is 17.2 Å². The van der Waals surface area contributed by atoms with Crippen molar-refractivity contribution in [3.63, 3.8) is 0 Å². The van der Waals surface area contributed by atoms with Crippen LogP contribution >= 0.6 is 0 Å². The van der Waals surface area contributed by atoms with Crippen LogP contribution in [-0.4, -0.2) is 23.8 Å². The largest absolute Gasteiger partial charge is 0.489 e. The number of nitrogens with one attached hydrogen (secondary N) is 1. The van der Waals surface area contributed by atoms with Crippen LogP contribution in [-0.2, 0) is 20.9 Å². The Hall–Kier alpha value is -4.91. The van der Waals surface area contributed by atoms with E-state index in [0.717, 1.165) is 22.4 Å². The summed E-state index contributed by atoms with van der Waals surface area (Å²) in [7, 11) is 0. The molecule has 0 saturated carbocycles. The van der Waals surface area contributed by atoms with Gasteiger partial charge in [0, 0.05) is 24.1 Å². The number of para-hydroxylation sites is 1.